The standard InChI is InChI=1S/C15H21N5O3/c1-19-9-12(7-17-19)23-10-15(22)18-13-5-11(6-14(13)21)8-20-4-2-3-16-20/h2-4,7,9,11,13-14,21H,5-6,8,10H2,1H3,(H,18,22)/t11?,13-,14-/m1/s1. The van der Waals surface area contributed by atoms with Crippen LogP contribution in [0.2, 0.25) is 0 Å². The van der Waals surface area contributed by atoms with Crippen molar-refractivity contribution in [1.29, 1.82) is 0 Å². The molecule has 1 amide bonds. The highest BCUT2D eigenvalue weighted by Crippen LogP contribution is 2.27. The van der Waals surface area contributed by atoms with Crippen LogP contribution >= 0.6 is 0 Å². The van der Waals surface area contributed by atoms with E-state index in [1.54, 1.807) is 30.3 Å². The predicted octanol–water partition coefficient (Wildman–Crippen LogP) is -0.0487. The van der Waals surface area contributed by atoms with Crippen LogP contribution in [0.1, 0.15) is 12.8 Å². The molecule has 23 heavy (non-hydrogen) atoms. The van der Waals surface area contributed by atoms with Gasteiger partial charge < -0.3 is 15.2 Å². The lowest BCUT2D eigenvalue weighted by Gasteiger charge is -2.16. The number of aliphatic hydroxyl groups excluding tert-OH is 1. The second kappa shape index (κ2) is 6.82. The van der Waals surface area contributed by atoms with Gasteiger partial charge in [0.2, 0.25) is 0 Å². The summed E-state index contributed by atoms with van der Waals surface area (Å²) in [5.74, 6) is 0.610. The van der Waals surface area contributed by atoms with E-state index in [2.05, 4.69) is 15.5 Å². The van der Waals surface area contributed by atoms with Crippen LogP contribution in [0, 0.1) is 5.92 Å². The van der Waals surface area contributed by atoms with Gasteiger partial charge in [-0.2, -0.15) is 10.2 Å². The molecule has 0 saturated heterocycles. The summed E-state index contributed by atoms with van der Waals surface area (Å²) in [6.07, 6.45) is 7.75. The predicted molar refractivity (Wildman–Crippen MR) is 81.6 cm³/mol. The Morgan fingerprint density at radius 1 is 1.48 bits per heavy atom. The van der Waals surface area contributed by atoms with E-state index in [1.807, 2.05) is 16.9 Å². The van der Waals surface area contributed by atoms with Crippen LogP contribution in [-0.4, -0.2) is 49.3 Å². The summed E-state index contributed by atoms with van der Waals surface area (Å²) in [6.45, 7) is 0.668. The van der Waals surface area contributed by atoms with Crippen molar-refractivity contribution in [1.82, 2.24) is 24.9 Å². The van der Waals surface area contributed by atoms with Gasteiger partial charge in [0, 0.05) is 26.0 Å². The number of aromatic nitrogens is 4. The zero-order valence-corrected chi connectivity index (χ0v) is 13.0. The lowest BCUT2D eigenvalue weighted by molar-refractivity contribution is -0.124. The zero-order chi connectivity index (χ0) is 16.2. The Labute approximate surface area is 134 Å². The van der Waals surface area contributed by atoms with Crippen LogP contribution in [0.25, 0.3) is 0 Å². The third-order valence-corrected chi connectivity index (χ3v) is 4.03. The quantitative estimate of drug-likeness (QED) is 0.778. The number of carbonyl (C=O) groups is 1. The number of hydrogen-bond acceptors (Lipinski definition) is 5. The van der Waals surface area contributed by atoms with Gasteiger partial charge in [0.1, 0.15) is 0 Å². The van der Waals surface area contributed by atoms with Crippen molar-refractivity contribution >= 4 is 5.91 Å². The van der Waals surface area contributed by atoms with E-state index in [0.717, 1.165) is 13.0 Å². The molecule has 2 heterocycles. The van der Waals surface area contributed by atoms with Crippen molar-refractivity contribution < 1.29 is 14.6 Å². The smallest absolute Gasteiger partial charge is 0.258 e. The van der Waals surface area contributed by atoms with Crippen LogP contribution in [0.3, 0.4) is 0 Å². The Kier molecular flexibility index (Phi) is 4.61. The highest BCUT2D eigenvalue weighted by molar-refractivity contribution is 5.77. The molecule has 124 valence electrons. The van der Waals surface area contributed by atoms with Crippen LogP contribution in [0.4, 0.5) is 0 Å². The zero-order valence-electron chi connectivity index (χ0n) is 13.0. The summed E-state index contributed by atoms with van der Waals surface area (Å²) in [5, 5.41) is 21.1. The van der Waals surface area contributed by atoms with E-state index in [1.165, 1.54) is 0 Å². The number of carbonyl (C=O) groups excluding carboxylic acids is 1. The monoisotopic (exact) mass is 319 g/mol. The Morgan fingerprint density at radius 2 is 2.35 bits per heavy atom. The van der Waals surface area contributed by atoms with Crippen LogP contribution < -0.4 is 10.1 Å². The Hall–Kier alpha value is -2.35. The molecule has 2 aromatic heterocycles. The molecule has 1 aliphatic carbocycles. The molecule has 0 spiro atoms. The van der Waals surface area contributed by atoms with Gasteiger partial charge in [0.25, 0.3) is 5.91 Å². The lowest BCUT2D eigenvalue weighted by atomic mass is 10.1. The minimum atomic E-state index is -0.530. The largest absolute Gasteiger partial charge is 0.480 e. The van der Waals surface area contributed by atoms with Crippen LogP contribution in [0.15, 0.2) is 30.9 Å². The average molecular weight is 319 g/mol. The van der Waals surface area contributed by atoms with E-state index in [4.69, 9.17) is 4.74 Å². The maximum atomic E-state index is 12.0. The molecule has 8 heteroatoms. The van der Waals surface area contributed by atoms with Gasteiger partial charge in [0.15, 0.2) is 12.4 Å². The first-order chi connectivity index (χ1) is 11.1. The van der Waals surface area contributed by atoms with Crippen molar-refractivity contribution in [3.05, 3.63) is 30.9 Å². The van der Waals surface area contributed by atoms with Gasteiger partial charge in [-0.15, -0.1) is 0 Å². The molecule has 0 aliphatic heterocycles. The number of rotatable bonds is 6. The Balaban J connectivity index is 1.44. The molecular weight excluding hydrogens is 298 g/mol. The first kappa shape index (κ1) is 15.5. The molecule has 8 nitrogen and oxygen atoms in total. The second-order valence-corrected chi connectivity index (χ2v) is 5.95. The topological polar surface area (TPSA) is 94.2 Å². The first-order valence-electron chi connectivity index (χ1n) is 7.66. The SMILES string of the molecule is Cn1cc(OCC(=O)N[C@@H]2CC(Cn3cccn3)C[C@H]2O)cn1. The van der Waals surface area contributed by atoms with Gasteiger partial charge in [-0.3, -0.25) is 14.2 Å². The summed E-state index contributed by atoms with van der Waals surface area (Å²) in [5.41, 5.74) is 0. The summed E-state index contributed by atoms with van der Waals surface area (Å²) in [7, 11) is 1.78. The lowest BCUT2D eigenvalue weighted by Crippen LogP contribution is -2.42. The Bertz CT molecular complexity index is 639. The number of nitrogens with zero attached hydrogens (tertiary/aromatic N) is 4. The third-order valence-electron chi connectivity index (χ3n) is 4.03. The maximum absolute atomic E-state index is 12.0. The molecule has 0 bridgehead atoms. The summed E-state index contributed by atoms with van der Waals surface area (Å²) < 4.78 is 8.81. The molecule has 3 rings (SSSR count). The van der Waals surface area contributed by atoms with E-state index in [0.29, 0.717) is 18.1 Å². The van der Waals surface area contributed by atoms with Crippen molar-refractivity contribution in [2.45, 2.75) is 31.5 Å². The van der Waals surface area contributed by atoms with Gasteiger partial charge in [0.05, 0.1) is 24.5 Å². The van der Waals surface area contributed by atoms with Gasteiger partial charge >= 0.3 is 0 Å². The van der Waals surface area contributed by atoms with E-state index < -0.39 is 6.10 Å². The van der Waals surface area contributed by atoms with Crippen molar-refractivity contribution in [3.63, 3.8) is 0 Å². The molecule has 2 N–H and O–H groups in total. The summed E-state index contributed by atoms with van der Waals surface area (Å²) in [6, 6.07) is 1.64. The number of hydrogen-bond donors (Lipinski definition) is 2. The molecule has 1 unspecified atom stereocenters. The van der Waals surface area contributed by atoms with Gasteiger partial charge in [-0.1, -0.05) is 0 Å². The summed E-state index contributed by atoms with van der Waals surface area (Å²) in [4.78, 5) is 12.0. The van der Waals surface area contributed by atoms with Crippen LogP contribution in [0.5, 0.6) is 5.75 Å². The van der Waals surface area contributed by atoms with E-state index >= 15 is 0 Å². The number of aliphatic hydroxyl groups is 1. The molecule has 0 radical (unpaired) electrons. The molecule has 2 aromatic rings. The molecule has 0 aromatic carbocycles. The average Bonchev–Trinajstić information content (AvgIpc) is 3.22. The minimum Gasteiger partial charge on any atom is -0.480 e. The Morgan fingerprint density at radius 3 is 3.04 bits per heavy atom. The normalized spacial score (nSPS) is 23.8. The molecule has 1 aliphatic rings. The fourth-order valence-electron chi connectivity index (χ4n) is 2.97. The molecule has 1 fully saturated rings. The second-order valence-electron chi connectivity index (χ2n) is 5.95. The number of aryl methyl sites for hydroxylation is 1. The van der Waals surface area contributed by atoms with Crippen molar-refractivity contribution in [2.24, 2.45) is 13.0 Å². The molecule has 1 saturated carbocycles. The number of ether oxygens (including phenoxy) is 1. The molecular formula is C15H21N5O3. The fraction of sp³-hybridized carbons (Fsp3) is 0.533. The number of amides is 1. The van der Waals surface area contributed by atoms with Gasteiger partial charge in [-0.05, 0) is 24.8 Å². The maximum Gasteiger partial charge on any atom is 0.258 e. The summed E-state index contributed by atoms with van der Waals surface area (Å²) >= 11 is 0. The highest BCUT2D eigenvalue weighted by Gasteiger charge is 2.34. The van der Waals surface area contributed by atoms with Crippen molar-refractivity contribution in [3.8, 4) is 5.75 Å². The van der Waals surface area contributed by atoms with E-state index in [-0.39, 0.29) is 18.6 Å². The van der Waals surface area contributed by atoms with E-state index in [9.17, 15) is 9.90 Å². The minimum absolute atomic E-state index is 0.0846. The van der Waals surface area contributed by atoms with Crippen LogP contribution in [-0.2, 0) is 18.4 Å². The highest BCUT2D eigenvalue weighted by atomic mass is 16.5. The van der Waals surface area contributed by atoms with Gasteiger partial charge in [-0.25, -0.2) is 0 Å². The third kappa shape index (κ3) is 4.10. The first-order valence-corrected chi connectivity index (χ1v) is 7.66. The van der Waals surface area contributed by atoms with Crippen molar-refractivity contribution in [2.75, 3.05) is 6.61 Å². The fourth-order valence-corrected chi connectivity index (χ4v) is 2.97. The number of nitrogens with one attached hydrogen (secondary N) is 1. The molecule has 3 atom stereocenters.